The molecule has 1 aromatic carbocycles. The number of rotatable bonds is 7. The Morgan fingerprint density at radius 3 is 2.69 bits per heavy atom. The van der Waals surface area contributed by atoms with Crippen LogP contribution in [0.2, 0.25) is 0 Å². The van der Waals surface area contributed by atoms with Gasteiger partial charge < -0.3 is 10.5 Å². The number of amides is 1. The maximum Gasteiger partial charge on any atom is 0.355 e. The van der Waals surface area contributed by atoms with Gasteiger partial charge in [-0.1, -0.05) is 18.2 Å². The minimum absolute atomic E-state index is 0.0240. The normalized spacial score (nSPS) is 16.6. The number of nitrogens with two attached hydrogens (primary N) is 1. The number of para-hydroxylation sites is 1. The lowest BCUT2D eigenvalue weighted by Crippen LogP contribution is -2.39. The largest absolute Gasteiger partial charge is 0.453 e. The summed E-state index contributed by atoms with van der Waals surface area (Å²) in [5.41, 5.74) is 6.71. The number of benzene rings is 1. The van der Waals surface area contributed by atoms with Gasteiger partial charge >= 0.3 is 5.97 Å². The molecule has 1 aliphatic heterocycles. The van der Waals surface area contributed by atoms with Crippen molar-refractivity contribution in [2.24, 2.45) is 10.8 Å². The van der Waals surface area contributed by atoms with E-state index in [1.807, 2.05) is 6.07 Å². The Labute approximate surface area is 170 Å². The van der Waals surface area contributed by atoms with Crippen molar-refractivity contribution in [2.45, 2.75) is 25.3 Å². The minimum atomic E-state index is -1.11. The van der Waals surface area contributed by atoms with Gasteiger partial charge in [-0.3, -0.25) is 14.6 Å². The van der Waals surface area contributed by atoms with E-state index in [4.69, 9.17) is 10.5 Å². The van der Waals surface area contributed by atoms with Gasteiger partial charge in [0.1, 0.15) is 16.8 Å². The molecular formula is C19H17N5O4S. The van der Waals surface area contributed by atoms with Crippen LogP contribution in [-0.2, 0) is 19.1 Å². The Balaban J connectivity index is 1.68. The average Bonchev–Trinajstić information content (AvgIpc) is 3.34. The number of hydrogen-bond acceptors (Lipinski definition) is 9. The molecule has 29 heavy (non-hydrogen) atoms. The van der Waals surface area contributed by atoms with Crippen molar-refractivity contribution in [2.75, 3.05) is 11.6 Å². The minimum Gasteiger partial charge on any atom is -0.453 e. The van der Waals surface area contributed by atoms with E-state index in [9.17, 15) is 19.6 Å². The van der Waals surface area contributed by atoms with Gasteiger partial charge in [0.15, 0.2) is 18.3 Å². The first-order valence-electron chi connectivity index (χ1n) is 8.63. The van der Waals surface area contributed by atoms with E-state index in [1.165, 1.54) is 16.3 Å². The van der Waals surface area contributed by atoms with Crippen LogP contribution in [0.25, 0.3) is 0 Å². The second-order valence-electron chi connectivity index (χ2n) is 6.28. The molecule has 2 N–H and O–H groups in total. The summed E-state index contributed by atoms with van der Waals surface area (Å²) in [6.07, 6.45) is -0.0371. The van der Waals surface area contributed by atoms with Gasteiger partial charge in [0.2, 0.25) is 5.91 Å². The maximum atomic E-state index is 12.4. The number of ketones is 1. The zero-order valence-corrected chi connectivity index (χ0v) is 16.3. The third-order valence-corrected chi connectivity index (χ3v) is 5.20. The van der Waals surface area contributed by atoms with Crippen LogP contribution in [-0.4, -0.2) is 41.0 Å². The summed E-state index contributed by atoms with van der Waals surface area (Å²) < 4.78 is 5.04. The molecule has 0 bridgehead atoms. The lowest BCUT2D eigenvalue weighted by atomic mass is 10.1. The van der Waals surface area contributed by atoms with Crippen molar-refractivity contribution >= 4 is 40.4 Å². The van der Waals surface area contributed by atoms with Crippen molar-refractivity contribution in [3.05, 3.63) is 46.4 Å². The molecule has 1 aromatic heterocycles. The fourth-order valence-electron chi connectivity index (χ4n) is 2.75. The molecule has 0 fully saturated rings. The Hall–Kier alpha value is -3.58. The third-order valence-electron chi connectivity index (χ3n) is 4.18. The average molecular weight is 411 g/mol. The van der Waals surface area contributed by atoms with E-state index in [0.29, 0.717) is 16.4 Å². The van der Waals surface area contributed by atoms with Crippen LogP contribution in [0.5, 0.6) is 0 Å². The number of nitrogens with zero attached hydrogens (tertiary/aromatic N) is 4. The summed E-state index contributed by atoms with van der Waals surface area (Å²) >= 11 is 1.19. The van der Waals surface area contributed by atoms with Gasteiger partial charge in [0, 0.05) is 17.5 Å². The molecule has 0 radical (unpaired) electrons. The number of Topliss-reactive ketones (excluding diaryl/α,β-unsaturated/α-hetero) is 1. The number of hydrogen-bond donors (Lipinski definition) is 1. The molecular weight excluding hydrogens is 394 g/mol. The highest BCUT2D eigenvalue weighted by atomic mass is 32.1. The first kappa shape index (κ1) is 20.2. The number of hydrazone groups is 1. The van der Waals surface area contributed by atoms with Crippen LogP contribution >= 0.6 is 11.3 Å². The maximum absolute atomic E-state index is 12.4. The van der Waals surface area contributed by atoms with E-state index in [-0.39, 0.29) is 12.1 Å². The number of ether oxygens (including phenoxy) is 1. The van der Waals surface area contributed by atoms with Crippen LogP contribution in [0.1, 0.15) is 23.0 Å². The second kappa shape index (κ2) is 8.62. The molecule has 0 aliphatic carbocycles. The first-order valence-corrected chi connectivity index (χ1v) is 9.51. The monoisotopic (exact) mass is 411 g/mol. The first-order chi connectivity index (χ1) is 13.9. The molecule has 2 heterocycles. The van der Waals surface area contributed by atoms with Gasteiger partial charge in [0.25, 0.3) is 0 Å². The van der Waals surface area contributed by atoms with Gasteiger partial charge in [-0.25, -0.2) is 9.78 Å². The molecule has 3 rings (SSSR count). The van der Waals surface area contributed by atoms with Gasteiger partial charge in [-0.05, 0) is 19.1 Å². The highest BCUT2D eigenvalue weighted by Crippen LogP contribution is 2.25. The van der Waals surface area contributed by atoms with Crippen molar-refractivity contribution in [3.8, 4) is 6.07 Å². The Morgan fingerprint density at radius 1 is 1.38 bits per heavy atom. The predicted octanol–water partition coefficient (Wildman–Crippen LogP) is 1.29. The van der Waals surface area contributed by atoms with Crippen molar-refractivity contribution in [1.82, 2.24) is 4.98 Å². The number of aromatic nitrogens is 1. The summed E-state index contributed by atoms with van der Waals surface area (Å²) in [4.78, 5) is 40.6. The van der Waals surface area contributed by atoms with E-state index in [1.54, 1.807) is 42.6 Å². The van der Waals surface area contributed by atoms with Gasteiger partial charge in [-0.15, -0.1) is 11.3 Å². The molecule has 2 unspecified atom stereocenters. The van der Waals surface area contributed by atoms with E-state index in [2.05, 4.69) is 10.1 Å². The van der Waals surface area contributed by atoms with Crippen LogP contribution in [0.4, 0.5) is 5.69 Å². The molecule has 2 aromatic rings. The third kappa shape index (κ3) is 4.47. The molecule has 0 saturated heterocycles. The van der Waals surface area contributed by atoms with Crippen molar-refractivity contribution < 1.29 is 19.1 Å². The Morgan fingerprint density at radius 2 is 2.10 bits per heavy atom. The Bertz CT molecular complexity index is 1010. The standard InChI is InChI=1S/C19H17N5O4S/c1-11-10-29-18(22-11)13(8-20)16(25)9-28-19(27)14-7-15(17(21)26)24(23-14)12-5-3-2-4-6-12/h2-6,10,13,15H,7,9H2,1H3,(H2,21,26). The quantitative estimate of drug-likeness (QED) is 0.677. The van der Waals surface area contributed by atoms with E-state index >= 15 is 0 Å². The predicted molar refractivity (Wildman–Crippen MR) is 105 cm³/mol. The fraction of sp³-hybridized carbons (Fsp3) is 0.263. The zero-order valence-electron chi connectivity index (χ0n) is 15.4. The lowest BCUT2D eigenvalue weighted by Gasteiger charge is -2.20. The zero-order chi connectivity index (χ0) is 21.0. The number of aryl methyl sites for hydroxylation is 1. The highest BCUT2D eigenvalue weighted by Gasteiger charge is 2.36. The summed E-state index contributed by atoms with van der Waals surface area (Å²) in [6, 6.07) is 9.84. The van der Waals surface area contributed by atoms with E-state index < -0.39 is 36.2 Å². The summed E-state index contributed by atoms with van der Waals surface area (Å²) in [5.74, 6) is -3.17. The molecule has 9 nitrogen and oxygen atoms in total. The molecule has 0 saturated carbocycles. The van der Waals surface area contributed by atoms with Crippen LogP contribution in [0, 0.1) is 18.3 Å². The smallest absolute Gasteiger partial charge is 0.355 e. The van der Waals surface area contributed by atoms with Crippen molar-refractivity contribution in [1.29, 1.82) is 5.26 Å². The molecule has 10 heteroatoms. The highest BCUT2D eigenvalue weighted by molar-refractivity contribution is 7.09. The van der Waals surface area contributed by atoms with Crippen LogP contribution < -0.4 is 10.7 Å². The lowest BCUT2D eigenvalue weighted by molar-refractivity contribution is -0.141. The summed E-state index contributed by atoms with van der Waals surface area (Å²) in [7, 11) is 0. The molecule has 1 amide bonds. The van der Waals surface area contributed by atoms with Crippen molar-refractivity contribution in [3.63, 3.8) is 0 Å². The molecule has 2 atom stereocenters. The van der Waals surface area contributed by atoms with Gasteiger partial charge in [0.05, 0.1) is 11.8 Å². The number of thiazole rings is 1. The van der Waals surface area contributed by atoms with Crippen LogP contribution in [0.15, 0.2) is 40.8 Å². The van der Waals surface area contributed by atoms with Crippen LogP contribution in [0.3, 0.4) is 0 Å². The Kier molecular flexibility index (Phi) is 5.99. The van der Waals surface area contributed by atoms with Gasteiger partial charge in [-0.2, -0.15) is 10.4 Å². The van der Waals surface area contributed by atoms with E-state index in [0.717, 1.165) is 0 Å². The molecule has 1 aliphatic rings. The number of esters is 1. The number of nitriles is 1. The topological polar surface area (TPSA) is 139 Å². The SMILES string of the molecule is Cc1csc(C(C#N)C(=O)COC(=O)C2=NN(c3ccccc3)C(C(N)=O)C2)n1. The molecule has 148 valence electrons. The number of anilines is 1. The summed E-state index contributed by atoms with van der Waals surface area (Å²) in [6.45, 7) is 1.16. The summed E-state index contributed by atoms with van der Waals surface area (Å²) in [5, 5.41) is 16.9. The molecule has 0 spiro atoms. The fourth-order valence-corrected chi connectivity index (χ4v) is 3.61. The number of carbonyl (C=O) groups excluding carboxylic acids is 3. The second-order valence-corrected chi connectivity index (χ2v) is 7.17. The number of primary amides is 1. The number of carbonyl (C=O) groups is 3.